The van der Waals surface area contributed by atoms with Crippen LogP contribution in [0, 0.1) is 13.8 Å². The van der Waals surface area contributed by atoms with Gasteiger partial charge in [-0.2, -0.15) is 4.98 Å². The van der Waals surface area contributed by atoms with Crippen molar-refractivity contribution in [1.29, 1.82) is 0 Å². The molecule has 0 aliphatic heterocycles. The van der Waals surface area contributed by atoms with Gasteiger partial charge in [-0.15, -0.1) is 16.9 Å². The Balaban J connectivity index is 1.79. The second-order valence-electron chi connectivity index (χ2n) is 5.12. The molecule has 1 aromatic carbocycles. The number of hydrogen-bond donors (Lipinski definition) is 0. The van der Waals surface area contributed by atoms with Crippen molar-refractivity contribution >= 4 is 29.3 Å². The topological polar surface area (TPSA) is 52.3 Å². The van der Waals surface area contributed by atoms with E-state index in [0.29, 0.717) is 5.78 Å². The summed E-state index contributed by atoms with van der Waals surface area (Å²) in [7, 11) is 1.70. The van der Waals surface area contributed by atoms with Gasteiger partial charge in [0.15, 0.2) is 0 Å². The average molecular weight is 346 g/mol. The van der Waals surface area contributed by atoms with E-state index in [1.807, 2.05) is 26.2 Å². The number of thioether (sulfide) groups is 2. The molecular weight excluding hydrogens is 328 g/mol. The third kappa shape index (κ3) is 3.45. The predicted octanol–water partition coefficient (Wildman–Crippen LogP) is 3.76. The maximum absolute atomic E-state index is 5.43. The first-order chi connectivity index (χ1) is 11.1. The van der Waals surface area contributed by atoms with Crippen LogP contribution in [-0.2, 0) is 5.75 Å². The summed E-state index contributed by atoms with van der Waals surface area (Å²) in [5.41, 5.74) is 3.18. The number of fused-ring (bicyclic) bond motifs is 1. The molecule has 0 amide bonds. The lowest BCUT2D eigenvalue weighted by Crippen LogP contribution is -1.97. The molecule has 7 heteroatoms. The Hall–Kier alpha value is -1.73. The fourth-order valence-corrected chi connectivity index (χ4v) is 3.64. The van der Waals surface area contributed by atoms with E-state index in [2.05, 4.69) is 33.3 Å². The van der Waals surface area contributed by atoms with Gasteiger partial charge in [-0.1, -0.05) is 17.8 Å². The van der Waals surface area contributed by atoms with Gasteiger partial charge in [0.1, 0.15) is 5.75 Å². The molecule has 23 heavy (non-hydrogen) atoms. The maximum Gasteiger partial charge on any atom is 0.253 e. The van der Waals surface area contributed by atoms with Crippen LogP contribution < -0.4 is 4.74 Å². The summed E-state index contributed by atoms with van der Waals surface area (Å²) in [4.78, 5) is 10.1. The Morgan fingerprint density at radius 2 is 2.00 bits per heavy atom. The molecule has 0 unspecified atom stereocenters. The van der Waals surface area contributed by atoms with Crippen molar-refractivity contribution in [3.8, 4) is 5.75 Å². The smallest absolute Gasteiger partial charge is 0.253 e. The van der Waals surface area contributed by atoms with Crippen LogP contribution in [-0.4, -0.2) is 32.9 Å². The summed E-state index contributed by atoms with van der Waals surface area (Å²) in [6.45, 7) is 3.98. The molecule has 3 aromatic rings. The maximum atomic E-state index is 5.43. The van der Waals surface area contributed by atoms with Crippen molar-refractivity contribution in [2.24, 2.45) is 0 Å². The van der Waals surface area contributed by atoms with Gasteiger partial charge in [0.05, 0.1) is 7.11 Å². The summed E-state index contributed by atoms with van der Waals surface area (Å²) in [5.74, 6) is 2.35. The van der Waals surface area contributed by atoms with Gasteiger partial charge >= 0.3 is 0 Å². The van der Waals surface area contributed by atoms with Crippen molar-refractivity contribution in [3.63, 3.8) is 0 Å². The molecule has 0 fully saturated rings. The summed E-state index contributed by atoms with van der Waals surface area (Å²) >= 11 is 3.28. The van der Waals surface area contributed by atoms with Crippen LogP contribution in [0.4, 0.5) is 0 Å². The van der Waals surface area contributed by atoms with E-state index in [1.165, 1.54) is 5.56 Å². The molecule has 0 N–H and O–H groups in total. The lowest BCUT2D eigenvalue weighted by Gasteiger charge is -2.08. The Kier molecular flexibility index (Phi) is 4.77. The Morgan fingerprint density at radius 1 is 1.17 bits per heavy atom. The van der Waals surface area contributed by atoms with Crippen molar-refractivity contribution in [1.82, 2.24) is 19.6 Å². The fourth-order valence-electron chi connectivity index (χ4n) is 2.33. The van der Waals surface area contributed by atoms with Crippen LogP contribution in [0.2, 0.25) is 0 Å². The molecule has 0 saturated carbocycles. The molecule has 2 heterocycles. The number of hydrogen-bond acceptors (Lipinski definition) is 6. The first-order valence-electron chi connectivity index (χ1n) is 7.15. The molecule has 0 radical (unpaired) electrons. The minimum atomic E-state index is 0.653. The predicted molar refractivity (Wildman–Crippen MR) is 94.6 cm³/mol. The minimum Gasteiger partial charge on any atom is -0.496 e. The number of nitrogens with zero attached hydrogens (tertiary/aromatic N) is 4. The second kappa shape index (κ2) is 6.80. The highest BCUT2D eigenvalue weighted by Gasteiger charge is 2.09. The Bertz CT molecular complexity index is 847. The number of aryl methyl sites for hydroxylation is 2. The van der Waals surface area contributed by atoms with Gasteiger partial charge in [-0.3, -0.25) is 0 Å². The first kappa shape index (κ1) is 16.1. The summed E-state index contributed by atoms with van der Waals surface area (Å²) in [5, 5.41) is 5.25. The van der Waals surface area contributed by atoms with Gasteiger partial charge in [-0.05, 0) is 43.9 Å². The van der Waals surface area contributed by atoms with E-state index >= 15 is 0 Å². The summed E-state index contributed by atoms with van der Waals surface area (Å²) in [6, 6.07) is 8.28. The molecule has 0 spiro atoms. The zero-order valence-corrected chi connectivity index (χ0v) is 15.2. The molecule has 0 saturated heterocycles. The lowest BCUT2D eigenvalue weighted by atomic mass is 10.2. The molecule has 0 bridgehead atoms. The quantitative estimate of drug-likeness (QED) is 0.656. The highest BCUT2D eigenvalue weighted by Crippen LogP contribution is 2.30. The van der Waals surface area contributed by atoms with Gasteiger partial charge in [0.2, 0.25) is 5.16 Å². The van der Waals surface area contributed by atoms with Crippen LogP contribution in [0.3, 0.4) is 0 Å². The van der Waals surface area contributed by atoms with Crippen LogP contribution in [0.5, 0.6) is 5.75 Å². The average Bonchev–Trinajstić information content (AvgIpc) is 2.95. The van der Waals surface area contributed by atoms with Crippen LogP contribution in [0.1, 0.15) is 17.0 Å². The zero-order valence-electron chi connectivity index (χ0n) is 13.5. The van der Waals surface area contributed by atoms with E-state index in [4.69, 9.17) is 4.74 Å². The van der Waals surface area contributed by atoms with E-state index in [-0.39, 0.29) is 0 Å². The number of benzene rings is 1. The first-order valence-corrected chi connectivity index (χ1v) is 9.36. The number of methoxy groups -OCH3 is 1. The molecule has 2 aromatic heterocycles. The van der Waals surface area contributed by atoms with Crippen molar-refractivity contribution < 1.29 is 4.74 Å². The lowest BCUT2D eigenvalue weighted by molar-refractivity contribution is 0.404. The minimum absolute atomic E-state index is 0.653. The van der Waals surface area contributed by atoms with Gasteiger partial charge in [-0.25, -0.2) is 9.50 Å². The molecule has 0 aliphatic rings. The van der Waals surface area contributed by atoms with Crippen LogP contribution in [0.15, 0.2) is 34.3 Å². The van der Waals surface area contributed by atoms with E-state index < -0.39 is 0 Å². The van der Waals surface area contributed by atoms with Crippen molar-refractivity contribution in [3.05, 3.63) is 41.2 Å². The fraction of sp³-hybridized carbons (Fsp3) is 0.312. The number of rotatable bonds is 5. The largest absolute Gasteiger partial charge is 0.496 e. The molecule has 0 atom stereocenters. The van der Waals surface area contributed by atoms with Crippen LogP contribution in [0.25, 0.3) is 5.78 Å². The Labute approximate surface area is 143 Å². The van der Waals surface area contributed by atoms with E-state index in [9.17, 15) is 0 Å². The van der Waals surface area contributed by atoms with Crippen molar-refractivity contribution in [2.75, 3.05) is 13.4 Å². The van der Waals surface area contributed by atoms with E-state index in [1.54, 1.807) is 35.1 Å². The third-order valence-corrected chi connectivity index (χ3v) is 5.10. The highest BCUT2D eigenvalue weighted by molar-refractivity contribution is 7.98. The molecule has 120 valence electrons. The van der Waals surface area contributed by atoms with Crippen molar-refractivity contribution in [2.45, 2.75) is 29.7 Å². The van der Waals surface area contributed by atoms with Gasteiger partial charge < -0.3 is 4.74 Å². The number of ether oxygens (including phenoxy) is 1. The van der Waals surface area contributed by atoms with Crippen LogP contribution >= 0.6 is 23.5 Å². The highest BCUT2D eigenvalue weighted by atomic mass is 32.2. The summed E-state index contributed by atoms with van der Waals surface area (Å²) in [6.07, 6.45) is 2.05. The SMILES string of the molecule is COc1cc(CSc2nc3nc(C)cc(C)n3n2)ccc1SC. The molecule has 3 rings (SSSR count). The van der Waals surface area contributed by atoms with Gasteiger partial charge in [0, 0.05) is 22.0 Å². The van der Waals surface area contributed by atoms with E-state index in [0.717, 1.165) is 32.9 Å². The monoisotopic (exact) mass is 346 g/mol. The Morgan fingerprint density at radius 3 is 2.74 bits per heavy atom. The second-order valence-corrected chi connectivity index (χ2v) is 6.91. The molecule has 0 aliphatic carbocycles. The number of aromatic nitrogens is 4. The standard InChI is InChI=1S/C16H18N4OS2/c1-10-7-11(2)20-15(17-10)18-16(19-20)23-9-12-5-6-14(22-4)13(8-12)21-3/h5-8H,9H2,1-4H3. The van der Waals surface area contributed by atoms with Gasteiger partial charge in [0.25, 0.3) is 5.78 Å². The summed E-state index contributed by atoms with van der Waals surface area (Å²) < 4.78 is 7.21. The molecular formula is C16H18N4OS2. The normalized spacial score (nSPS) is 11.1. The molecule has 5 nitrogen and oxygen atoms in total. The third-order valence-electron chi connectivity index (χ3n) is 3.41. The zero-order chi connectivity index (χ0) is 16.4.